The number of allylic oxidation sites excluding steroid dienone is 5. The summed E-state index contributed by atoms with van der Waals surface area (Å²) < 4.78 is 26.3. The van der Waals surface area contributed by atoms with Gasteiger partial charge >= 0.3 is 19.8 Å². The third-order valence-electron chi connectivity index (χ3n) is 8.66. The molecule has 0 bridgehead atoms. The summed E-state index contributed by atoms with van der Waals surface area (Å²) in [6.07, 6.45) is 29.3. The van der Waals surface area contributed by atoms with Gasteiger partial charge in [-0.25, -0.2) is 4.57 Å². The van der Waals surface area contributed by atoms with Gasteiger partial charge in [-0.3, -0.25) is 18.9 Å². The van der Waals surface area contributed by atoms with Crippen LogP contribution in [0.3, 0.4) is 0 Å². The standard InChI is InChI=1S/C38H65O10P/c1-3-5-7-8-9-10-11-12-13-14-15-21-25-38(42)48-34(31-47-49(43,44)45)30-46-37(41)24-20-17-16-19-22-32-26-29-36(40)35(32)28-27-33(39)23-18-6-4-2/h16,19,26-29,32-35,39H,3-15,17-18,20-25,30-31H2,1-2H3,(H2,43,44,45)/b19-16-,28-27+/t32-,33-,34+,35+/m0/s1. The van der Waals surface area contributed by atoms with Crippen molar-refractivity contribution < 1.29 is 47.8 Å². The van der Waals surface area contributed by atoms with Gasteiger partial charge in [-0.2, -0.15) is 0 Å². The van der Waals surface area contributed by atoms with E-state index < -0.39 is 38.6 Å². The summed E-state index contributed by atoms with van der Waals surface area (Å²) in [5.41, 5.74) is 0. The lowest BCUT2D eigenvalue weighted by atomic mass is 9.90. The van der Waals surface area contributed by atoms with E-state index >= 15 is 0 Å². The Morgan fingerprint density at radius 1 is 0.816 bits per heavy atom. The van der Waals surface area contributed by atoms with Crippen LogP contribution in [0.2, 0.25) is 0 Å². The van der Waals surface area contributed by atoms with E-state index in [4.69, 9.17) is 19.3 Å². The Morgan fingerprint density at radius 2 is 1.41 bits per heavy atom. The van der Waals surface area contributed by atoms with Crippen LogP contribution in [0.1, 0.15) is 149 Å². The zero-order valence-corrected chi connectivity index (χ0v) is 31.1. The Labute approximate surface area is 295 Å². The summed E-state index contributed by atoms with van der Waals surface area (Å²) in [6, 6.07) is 0. The predicted molar refractivity (Wildman–Crippen MR) is 193 cm³/mol. The Balaban J connectivity index is 2.30. The van der Waals surface area contributed by atoms with Crippen LogP contribution >= 0.6 is 7.82 Å². The van der Waals surface area contributed by atoms with Gasteiger partial charge in [0.25, 0.3) is 0 Å². The molecule has 282 valence electrons. The van der Waals surface area contributed by atoms with Crippen molar-refractivity contribution in [3.05, 3.63) is 36.5 Å². The molecule has 10 nitrogen and oxygen atoms in total. The molecular weight excluding hydrogens is 647 g/mol. The number of rotatable bonds is 31. The Kier molecular flexibility index (Phi) is 26.2. The molecule has 0 aromatic carbocycles. The third kappa shape index (κ3) is 25.5. The average Bonchev–Trinajstić information content (AvgIpc) is 3.41. The molecule has 0 saturated carbocycles. The van der Waals surface area contributed by atoms with Crippen molar-refractivity contribution in [1.29, 1.82) is 0 Å². The van der Waals surface area contributed by atoms with Gasteiger partial charge in [0.2, 0.25) is 0 Å². The summed E-state index contributed by atoms with van der Waals surface area (Å²) in [5.74, 6) is -1.24. The lowest BCUT2D eigenvalue weighted by molar-refractivity contribution is -0.161. The molecule has 0 heterocycles. The van der Waals surface area contributed by atoms with Gasteiger partial charge in [0, 0.05) is 18.8 Å². The molecule has 49 heavy (non-hydrogen) atoms. The molecule has 0 aromatic rings. The maximum atomic E-state index is 12.4. The Hall–Kier alpha value is -2.10. The van der Waals surface area contributed by atoms with Gasteiger partial charge in [-0.1, -0.05) is 134 Å². The molecule has 1 aliphatic carbocycles. The second-order valence-electron chi connectivity index (χ2n) is 13.2. The molecule has 11 heteroatoms. The quantitative estimate of drug-likeness (QED) is 0.0275. The molecule has 1 rings (SSSR count). The first-order chi connectivity index (χ1) is 23.6. The minimum absolute atomic E-state index is 0.0301. The summed E-state index contributed by atoms with van der Waals surface area (Å²) in [7, 11) is -4.80. The third-order valence-corrected chi connectivity index (χ3v) is 9.14. The largest absolute Gasteiger partial charge is 0.469 e. The predicted octanol–water partition coefficient (Wildman–Crippen LogP) is 8.63. The number of esters is 2. The molecule has 0 amide bonds. The zero-order valence-electron chi connectivity index (χ0n) is 30.2. The highest BCUT2D eigenvalue weighted by atomic mass is 31.2. The zero-order chi connectivity index (χ0) is 36.2. The minimum atomic E-state index is -4.80. The maximum Gasteiger partial charge on any atom is 0.469 e. The van der Waals surface area contributed by atoms with E-state index in [2.05, 4.69) is 18.4 Å². The topological polar surface area (TPSA) is 157 Å². The fourth-order valence-corrected chi connectivity index (χ4v) is 6.08. The van der Waals surface area contributed by atoms with Crippen molar-refractivity contribution in [3.63, 3.8) is 0 Å². The van der Waals surface area contributed by atoms with E-state index in [1.807, 2.05) is 24.3 Å². The lowest BCUT2D eigenvalue weighted by Crippen LogP contribution is -2.29. The monoisotopic (exact) mass is 712 g/mol. The number of carbonyl (C=O) groups excluding carboxylic acids is 3. The van der Waals surface area contributed by atoms with Crippen LogP contribution in [-0.2, 0) is 32.9 Å². The number of aliphatic hydroxyl groups excluding tert-OH is 1. The molecule has 1 aliphatic rings. The number of ether oxygens (including phenoxy) is 2. The maximum absolute atomic E-state index is 12.4. The molecule has 0 aliphatic heterocycles. The highest BCUT2D eigenvalue weighted by molar-refractivity contribution is 7.46. The second-order valence-corrected chi connectivity index (χ2v) is 14.5. The molecule has 0 spiro atoms. The number of hydrogen-bond donors (Lipinski definition) is 3. The lowest BCUT2D eigenvalue weighted by Gasteiger charge is -2.18. The van der Waals surface area contributed by atoms with Crippen LogP contribution in [0.25, 0.3) is 0 Å². The minimum Gasteiger partial charge on any atom is -0.462 e. The van der Waals surface area contributed by atoms with Crippen molar-refractivity contribution in [2.45, 2.75) is 161 Å². The van der Waals surface area contributed by atoms with Crippen LogP contribution < -0.4 is 0 Å². The first-order valence-corrected chi connectivity index (χ1v) is 20.4. The molecule has 0 saturated heterocycles. The van der Waals surface area contributed by atoms with Crippen LogP contribution in [0, 0.1) is 11.8 Å². The van der Waals surface area contributed by atoms with E-state index in [1.54, 1.807) is 12.2 Å². The van der Waals surface area contributed by atoms with E-state index in [1.165, 1.54) is 51.4 Å². The van der Waals surface area contributed by atoms with Crippen LogP contribution in [0.5, 0.6) is 0 Å². The van der Waals surface area contributed by atoms with Gasteiger partial charge in [-0.15, -0.1) is 0 Å². The van der Waals surface area contributed by atoms with E-state index in [0.29, 0.717) is 32.1 Å². The van der Waals surface area contributed by atoms with E-state index in [-0.39, 0.29) is 37.1 Å². The SMILES string of the molecule is CCCCCCCCCCCCCCC(=O)O[C@H](COC(=O)CCC/C=C\C[C@H]1C=CC(=O)[C@@H]1/C=C/[C@@H](O)CCCCC)COP(=O)(O)O. The molecule has 4 atom stereocenters. The number of carbonyl (C=O) groups is 3. The Bertz CT molecular complexity index is 1030. The number of ketones is 1. The number of phosphoric ester groups is 1. The van der Waals surface area contributed by atoms with Gasteiger partial charge < -0.3 is 24.4 Å². The van der Waals surface area contributed by atoms with Crippen molar-refractivity contribution in [2.75, 3.05) is 13.2 Å². The van der Waals surface area contributed by atoms with Gasteiger partial charge in [0.05, 0.1) is 12.7 Å². The first-order valence-electron chi connectivity index (χ1n) is 18.8. The fraction of sp³-hybridized carbons (Fsp3) is 0.763. The van der Waals surface area contributed by atoms with Crippen molar-refractivity contribution >= 4 is 25.5 Å². The number of hydrogen-bond acceptors (Lipinski definition) is 8. The molecular formula is C38H65O10P. The van der Waals surface area contributed by atoms with Gasteiger partial charge in [-0.05, 0) is 44.1 Å². The summed E-state index contributed by atoms with van der Waals surface area (Å²) in [5, 5.41) is 10.2. The first kappa shape index (κ1) is 44.9. The molecule has 0 fully saturated rings. The molecule has 3 N–H and O–H groups in total. The molecule has 0 radical (unpaired) electrons. The highest BCUT2D eigenvalue weighted by Gasteiger charge is 2.27. The number of phosphoric acid groups is 1. The van der Waals surface area contributed by atoms with Crippen molar-refractivity contribution in [1.82, 2.24) is 0 Å². The normalized spacial score (nSPS) is 17.7. The van der Waals surface area contributed by atoms with Crippen LogP contribution in [0.4, 0.5) is 0 Å². The van der Waals surface area contributed by atoms with Crippen LogP contribution in [-0.4, -0.2) is 58.0 Å². The van der Waals surface area contributed by atoms with Gasteiger partial charge in [0.1, 0.15) is 6.61 Å². The second kappa shape index (κ2) is 28.6. The number of unbranched alkanes of at least 4 members (excludes halogenated alkanes) is 14. The smallest absolute Gasteiger partial charge is 0.462 e. The molecule has 0 unspecified atom stereocenters. The summed E-state index contributed by atoms with van der Waals surface area (Å²) >= 11 is 0. The van der Waals surface area contributed by atoms with Crippen molar-refractivity contribution in [3.8, 4) is 0 Å². The van der Waals surface area contributed by atoms with Gasteiger partial charge in [0.15, 0.2) is 11.9 Å². The van der Waals surface area contributed by atoms with Crippen LogP contribution in [0.15, 0.2) is 36.5 Å². The van der Waals surface area contributed by atoms with Crippen molar-refractivity contribution in [2.24, 2.45) is 11.8 Å². The highest BCUT2D eigenvalue weighted by Crippen LogP contribution is 2.36. The summed E-state index contributed by atoms with van der Waals surface area (Å²) in [4.78, 5) is 55.1. The number of aliphatic hydroxyl groups is 1. The summed E-state index contributed by atoms with van der Waals surface area (Å²) in [6.45, 7) is 3.39. The average molecular weight is 713 g/mol. The fourth-order valence-electron chi connectivity index (χ4n) is 5.72. The van der Waals surface area contributed by atoms with E-state index in [0.717, 1.165) is 38.5 Å². The Morgan fingerprint density at radius 3 is 2.04 bits per heavy atom. The van der Waals surface area contributed by atoms with E-state index in [9.17, 15) is 24.1 Å². The molecule has 0 aromatic heterocycles.